The molecule has 3 heterocycles. The van der Waals surface area contributed by atoms with Gasteiger partial charge in [-0.1, -0.05) is 61.0 Å². The van der Waals surface area contributed by atoms with Gasteiger partial charge in [0.2, 0.25) is 0 Å². The highest BCUT2D eigenvalue weighted by Crippen LogP contribution is 2.44. The topological polar surface area (TPSA) is 12.5 Å². The molecular formula is C30H35NOS. The van der Waals surface area contributed by atoms with E-state index in [0.29, 0.717) is 5.54 Å². The molecule has 1 fully saturated rings. The minimum atomic E-state index is -0.0356. The van der Waals surface area contributed by atoms with E-state index in [-0.39, 0.29) is 5.41 Å². The van der Waals surface area contributed by atoms with Gasteiger partial charge in [0.05, 0.1) is 13.2 Å². The molecule has 1 aromatic heterocycles. The highest BCUT2D eigenvalue weighted by atomic mass is 32.1. The van der Waals surface area contributed by atoms with E-state index in [1.807, 2.05) is 11.3 Å². The fourth-order valence-corrected chi connectivity index (χ4v) is 7.87. The van der Waals surface area contributed by atoms with Crippen LogP contribution in [0.4, 0.5) is 0 Å². The van der Waals surface area contributed by atoms with Crippen LogP contribution in [0.3, 0.4) is 0 Å². The van der Waals surface area contributed by atoms with Gasteiger partial charge in [0.1, 0.15) is 0 Å². The lowest BCUT2D eigenvalue weighted by Crippen LogP contribution is -2.55. The van der Waals surface area contributed by atoms with Gasteiger partial charge in [-0.05, 0) is 91.7 Å². The number of nitrogens with zero attached hydrogens (tertiary/aromatic N) is 1. The zero-order valence-electron chi connectivity index (χ0n) is 19.6. The van der Waals surface area contributed by atoms with Crippen LogP contribution in [0.5, 0.6) is 0 Å². The average molecular weight is 458 g/mol. The smallest absolute Gasteiger partial charge is 0.0720 e. The lowest BCUT2D eigenvalue weighted by molar-refractivity contribution is 0.0265. The van der Waals surface area contributed by atoms with Crippen LogP contribution in [0.1, 0.15) is 65.7 Å². The molecule has 2 aliphatic heterocycles. The summed E-state index contributed by atoms with van der Waals surface area (Å²) < 4.78 is 6.24. The third-order valence-corrected chi connectivity index (χ3v) is 9.69. The maximum absolute atomic E-state index is 6.24. The molecule has 1 aliphatic carbocycles. The van der Waals surface area contributed by atoms with E-state index < -0.39 is 0 Å². The van der Waals surface area contributed by atoms with Crippen molar-refractivity contribution in [2.75, 3.05) is 19.7 Å². The Morgan fingerprint density at radius 3 is 2.73 bits per heavy atom. The third-order valence-electron chi connectivity index (χ3n) is 8.66. The molecule has 1 saturated heterocycles. The Morgan fingerprint density at radius 2 is 1.79 bits per heavy atom. The van der Waals surface area contributed by atoms with Crippen LogP contribution >= 0.6 is 11.3 Å². The summed E-state index contributed by atoms with van der Waals surface area (Å²) in [4.78, 5) is 4.54. The van der Waals surface area contributed by atoms with E-state index in [2.05, 4.69) is 70.9 Å². The fourth-order valence-electron chi connectivity index (χ4n) is 6.96. The van der Waals surface area contributed by atoms with Crippen LogP contribution in [0.2, 0.25) is 0 Å². The summed E-state index contributed by atoms with van der Waals surface area (Å²) in [5.74, 6) is 0. The number of thiophene rings is 1. The SMILES string of the molecule is c1ccc(C2(CCCN3CCCCC34CCc3sccc3C4)COCc3ccccc32)cc1. The lowest BCUT2D eigenvalue weighted by Gasteiger charge is -2.50. The van der Waals surface area contributed by atoms with E-state index >= 15 is 0 Å². The fraction of sp³-hybridized carbons (Fsp3) is 0.467. The molecule has 172 valence electrons. The molecule has 3 aromatic rings. The number of likely N-dealkylation sites (tertiary alicyclic amines) is 1. The molecular weight excluding hydrogens is 422 g/mol. The molecule has 2 aromatic carbocycles. The second-order valence-electron chi connectivity index (χ2n) is 10.4. The molecule has 2 atom stereocenters. The zero-order valence-corrected chi connectivity index (χ0v) is 20.4. The molecule has 0 saturated carbocycles. The predicted molar refractivity (Wildman–Crippen MR) is 137 cm³/mol. The van der Waals surface area contributed by atoms with Crippen LogP contribution in [-0.2, 0) is 29.6 Å². The molecule has 0 amide bonds. The summed E-state index contributed by atoms with van der Waals surface area (Å²) >= 11 is 1.97. The van der Waals surface area contributed by atoms with Crippen LogP contribution in [0.15, 0.2) is 66.0 Å². The number of aryl methyl sites for hydroxylation is 1. The Kier molecular flexibility index (Phi) is 5.90. The molecule has 2 unspecified atom stereocenters. The number of rotatable bonds is 5. The quantitative estimate of drug-likeness (QED) is 0.420. The summed E-state index contributed by atoms with van der Waals surface area (Å²) in [7, 11) is 0. The molecule has 1 spiro atoms. The molecule has 2 nitrogen and oxygen atoms in total. The Hall–Kier alpha value is -1.94. The first-order chi connectivity index (χ1) is 16.3. The Bertz CT molecular complexity index is 1090. The summed E-state index contributed by atoms with van der Waals surface area (Å²) in [6.45, 7) is 4.00. The predicted octanol–water partition coefficient (Wildman–Crippen LogP) is 6.76. The number of piperidine rings is 1. The monoisotopic (exact) mass is 457 g/mol. The van der Waals surface area contributed by atoms with Crippen LogP contribution in [0.25, 0.3) is 0 Å². The van der Waals surface area contributed by atoms with Crippen molar-refractivity contribution < 1.29 is 4.74 Å². The molecule has 3 heteroatoms. The molecule has 0 N–H and O–H groups in total. The minimum Gasteiger partial charge on any atom is -0.375 e. The number of fused-ring (bicyclic) bond motifs is 2. The van der Waals surface area contributed by atoms with Crippen molar-refractivity contribution in [2.45, 2.75) is 68.9 Å². The van der Waals surface area contributed by atoms with Crippen molar-refractivity contribution in [2.24, 2.45) is 0 Å². The highest BCUT2D eigenvalue weighted by Gasteiger charge is 2.43. The van der Waals surface area contributed by atoms with E-state index in [1.54, 1.807) is 10.4 Å². The first-order valence-corrected chi connectivity index (χ1v) is 13.7. The normalized spacial score (nSPS) is 27.3. The zero-order chi connectivity index (χ0) is 22.1. The van der Waals surface area contributed by atoms with E-state index in [9.17, 15) is 0 Å². The second-order valence-corrected chi connectivity index (χ2v) is 11.4. The summed E-state index contributed by atoms with van der Waals surface area (Å²) in [6, 6.07) is 22.5. The van der Waals surface area contributed by atoms with Crippen molar-refractivity contribution >= 4 is 11.3 Å². The third kappa shape index (κ3) is 3.88. The van der Waals surface area contributed by atoms with Crippen molar-refractivity contribution in [3.63, 3.8) is 0 Å². The largest absolute Gasteiger partial charge is 0.375 e. The van der Waals surface area contributed by atoms with Gasteiger partial charge in [0.15, 0.2) is 0 Å². The number of ether oxygens (including phenoxy) is 1. The number of hydrogen-bond donors (Lipinski definition) is 0. The lowest BCUT2D eigenvalue weighted by atomic mass is 9.69. The van der Waals surface area contributed by atoms with Gasteiger partial charge < -0.3 is 4.74 Å². The Labute approximate surface area is 202 Å². The van der Waals surface area contributed by atoms with Crippen LogP contribution < -0.4 is 0 Å². The number of hydrogen-bond acceptors (Lipinski definition) is 3. The van der Waals surface area contributed by atoms with Gasteiger partial charge in [-0.2, -0.15) is 0 Å². The summed E-state index contributed by atoms with van der Waals surface area (Å²) in [6.07, 6.45) is 10.4. The van der Waals surface area contributed by atoms with Gasteiger partial charge in [0, 0.05) is 15.8 Å². The first-order valence-electron chi connectivity index (χ1n) is 12.8. The Morgan fingerprint density at radius 1 is 0.909 bits per heavy atom. The molecule has 6 rings (SSSR count). The molecule has 33 heavy (non-hydrogen) atoms. The van der Waals surface area contributed by atoms with Gasteiger partial charge in [0.25, 0.3) is 0 Å². The average Bonchev–Trinajstić information content (AvgIpc) is 3.33. The van der Waals surface area contributed by atoms with Crippen molar-refractivity contribution in [1.82, 2.24) is 4.90 Å². The van der Waals surface area contributed by atoms with Crippen LogP contribution in [0, 0.1) is 0 Å². The van der Waals surface area contributed by atoms with E-state index in [4.69, 9.17) is 4.74 Å². The van der Waals surface area contributed by atoms with Crippen molar-refractivity contribution in [3.8, 4) is 0 Å². The Balaban J connectivity index is 1.25. The molecule has 0 bridgehead atoms. The maximum Gasteiger partial charge on any atom is 0.0720 e. The van der Waals surface area contributed by atoms with E-state index in [1.165, 1.54) is 74.7 Å². The van der Waals surface area contributed by atoms with Crippen molar-refractivity contribution in [3.05, 3.63) is 93.2 Å². The standard InChI is InChI=1S/C30H35NOS/c1-2-10-26(11-3-1)30(23-32-22-25-9-4-5-12-27(25)30)16-8-19-31-18-7-6-15-29(31)17-13-28-24(21-29)14-20-33-28/h1-5,9-12,14,20H,6-8,13,15-19,21-23H2. The van der Waals surface area contributed by atoms with Crippen LogP contribution in [-0.4, -0.2) is 30.1 Å². The van der Waals surface area contributed by atoms with E-state index in [0.717, 1.165) is 19.6 Å². The molecule has 3 aliphatic rings. The van der Waals surface area contributed by atoms with Gasteiger partial charge in [-0.25, -0.2) is 0 Å². The van der Waals surface area contributed by atoms with Gasteiger partial charge in [-0.15, -0.1) is 11.3 Å². The number of benzene rings is 2. The summed E-state index contributed by atoms with van der Waals surface area (Å²) in [5, 5.41) is 2.31. The minimum absolute atomic E-state index is 0.0356. The second kappa shape index (κ2) is 9.02. The molecule has 0 radical (unpaired) electrons. The van der Waals surface area contributed by atoms with Gasteiger partial charge in [-0.3, -0.25) is 4.90 Å². The first kappa shape index (κ1) is 21.6. The van der Waals surface area contributed by atoms with Gasteiger partial charge >= 0.3 is 0 Å². The summed E-state index contributed by atoms with van der Waals surface area (Å²) in [5.41, 5.74) is 6.25. The maximum atomic E-state index is 6.24. The highest BCUT2D eigenvalue weighted by molar-refractivity contribution is 7.10. The van der Waals surface area contributed by atoms with Crippen molar-refractivity contribution in [1.29, 1.82) is 0 Å².